The number of benzene rings is 2. The SMILES string of the molecule is C[C@@H](Oc1ccccc1)C(=O)N/N=C\c1cc(Br)ccc1O. The number of hydrogen-bond acceptors (Lipinski definition) is 4. The van der Waals surface area contributed by atoms with E-state index in [1.807, 2.05) is 18.2 Å². The van der Waals surface area contributed by atoms with Crippen LogP contribution in [0.1, 0.15) is 12.5 Å². The van der Waals surface area contributed by atoms with Gasteiger partial charge >= 0.3 is 0 Å². The number of amides is 1. The third-order valence-corrected chi connectivity index (χ3v) is 3.29. The smallest absolute Gasteiger partial charge is 0.280 e. The van der Waals surface area contributed by atoms with Crippen molar-refractivity contribution in [1.29, 1.82) is 0 Å². The molecule has 0 aliphatic rings. The Morgan fingerprint density at radius 1 is 1.32 bits per heavy atom. The number of halogens is 1. The maximum Gasteiger partial charge on any atom is 0.280 e. The van der Waals surface area contributed by atoms with E-state index < -0.39 is 6.10 Å². The van der Waals surface area contributed by atoms with Crippen LogP contribution in [0.5, 0.6) is 11.5 Å². The second-order valence-electron chi connectivity index (χ2n) is 4.51. The van der Waals surface area contributed by atoms with E-state index in [-0.39, 0.29) is 11.7 Å². The molecular weight excluding hydrogens is 348 g/mol. The Bertz CT molecular complexity index is 674. The quantitative estimate of drug-likeness (QED) is 0.634. The minimum absolute atomic E-state index is 0.0785. The van der Waals surface area contributed by atoms with E-state index in [1.54, 1.807) is 31.2 Å². The number of nitrogens with one attached hydrogen (secondary N) is 1. The lowest BCUT2D eigenvalue weighted by molar-refractivity contribution is -0.127. The highest BCUT2D eigenvalue weighted by atomic mass is 79.9. The fraction of sp³-hybridized carbons (Fsp3) is 0.125. The van der Waals surface area contributed by atoms with Crippen LogP contribution in [-0.2, 0) is 4.79 Å². The summed E-state index contributed by atoms with van der Waals surface area (Å²) in [5.41, 5.74) is 2.87. The van der Waals surface area contributed by atoms with Crippen molar-refractivity contribution in [2.45, 2.75) is 13.0 Å². The summed E-state index contributed by atoms with van der Waals surface area (Å²) in [5, 5.41) is 13.5. The fourth-order valence-corrected chi connectivity index (χ4v) is 2.02. The van der Waals surface area contributed by atoms with Crippen molar-refractivity contribution < 1.29 is 14.6 Å². The topological polar surface area (TPSA) is 70.9 Å². The predicted molar refractivity (Wildman–Crippen MR) is 88.1 cm³/mol. The molecule has 22 heavy (non-hydrogen) atoms. The summed E-state index contributed by atoms with van der Waals surface area (Å²) in [4.78, 5) is 11.9. The molecule has 1 amide bonds. The van der Waals surface area contributed by atoms with E-state index >= 15 is 0 Å². The zero-order valence-electron chi connectivity index (χ0n) is 11.9. The van der Waals surface area contributed by atoms with Gasteiger partial charge in [-0.2, -0.15) is 5.10 Å². The standard InChI is InChI=1S/C16H15BrN2O3/c1-11(22-14-5-3-2-4-6-14)16(21)19-18-10-12-9-13(17)7-8-15(12)20/h2-11,20H,1H3,(H,19,21)/b18-10-/t11-/m1/s1. The monoisotopic (exact) mass is 362 g/mol. The van der Waals surface area contributed by atoms with Gasteiger partial charge in [-0.3, -0.25) is 4.79 Å². The van der Waals surface area contributed by atoms with Crippen LogP contribution < -0.4 is 10.2 Å². The number of carbonyl (C=O) groups is 1. The Hall–Kier alpha value is -2.34. The zero-order valence-corrected chi connectivity index (χ0v) is 13.4. The molecule has 0 radical (unpaired) electrons. The largest absolute Gasteiger partial charge is 0.507 e. The molecule has 114 valence electrons. The van der Waals surface area contributed by atoms with Crippen molar-refractivity contribution in [1.82, 2.24) is 5.43 Å². The molecule has 2 aromatic rings. The molecule has 2 rings (SSSR count). The number of nitrogens with zero attached hydrogens (tertiary/aromatic N) is 1. The van der Waals surface area contributed by atoms with Crippen LogP contribution in [-0.4, -0.2) is 23.3 Å². The van der Waals surface area contributed by atoms with E-state index in [9.17, 15) is 9.90 Å². The molecule has 2 N–H and O–H groups in total. The number of phenols is 1. The van der Waals surface area contributed by atoms with Gasteiger partial charge in [-0.05, 0) is 37.3 Å². The second kappa shape index (κ2) is 7.61. The Labute approximate surface area is 136 Å². The lowest BCUT2D eigenvalue weighted by Crippen LogP contribution is -2.33. The molecule has 0 heterocycles. The molecule has 0 bridgehead atoms. The zero-order chi connectivity index (χ0) is 15.9. The second-order valence-corrected chi connectivity index (χ2v) is 5.43. The molecule has 6 heteroatoms. The molecule has 0 saturated heterocycles. The number of aromatic hydroxyl groups is 1. The molecule has 5 nitrogen and oxygen atoms in total. The average molecular weight is 363 g/mol. The minimum Gasteiger partial charge on any atom is -0.507 e. The first-order valence-corrected chi connectivity index (χ1v) is 7.38. The van der Waals surface area contributed by atoms with Crippen LogP contribution in [0.3, 0.4) is 0 Å². The highest BCUT2D eigenvalue weighted by molar-refractivity contribution is 9.10. The summed E-state index contributed by atoms with van der Waals surface area (Å²) in [6.07, 6.45) is 0.684. The summed E-state index contributed by atoms with van der Waals surface area (Å²) in [7, 11) is 0. The first kappa shape index (κ1) is 16.0. The van der Waals surface area contributed by atoms with E-state index in [2.05, 4.69) is 26.5 Å². The van der Waals surface area contributed by atoms with Crippen molar-refractivity contribution in [3.05, 3.63) is 58.6 Å². The summed E-state index contributed by atoms with van der Waals surface area (Å²) in [6, 6.07) is 14.0. The normalized spacial score (nSPS) is 12.1. The predicted octanol–water partition coefficient (Wildman–Crippen LogP) is 3.07. The van der Waals surface area contributed by atoms with Crippen molar-refractivity contribution in [3.63, 3.8) is 0 Å². The third kappa shape index (κ3) is 4.60. The summed E-state index contributed by atoms with van der Waals surface area (Å²) in [5.74, 6) is 0.308. The van der Waals surface area contributed by atoms with Crippen molar-refractivity contribution in [2.75, 3.05) is 0 Å². The Morgan fingerprint density at radius 2 is 2.05 bits per heavy atom. The molecule has 0 aliphatic heterocycles. The minimum atomic E-state index is -0.685. The fourth-order valence-electron chi connectivity index (χ4n) is 1.64. The number of phenolic OH excluding ortho intramolecular Hbond substituents is 1. The van der Waals surface area contributed by atoms with Gasteiger partial charge in [0, 0.05) is 10.0 Å². The third-order valence-electron chi connectivity index (χ3n) is 2.79. The van der Waals surface area contributed by atoms with Crippen LogP contribution in [0.4, 0.5) is 0 Å². The van der Waals surface area contributed by atoms with Crippen molar-refractivity contribution in [3.8, 4) is 11.5 Å². The summed E-state index contributed by atoms with van der Waals surface area (Å²) >= 11 is 3.30. The molecule has 0 spiro atoms. The van der Waals surface area contributed by atoms with Gasteiger partial charge in [0.2, 0.25) is 0 Å². The lowest BCUT2D eigenvalue weighted by Gasteiger charge is -2.12. The summed E-state index contributed by atoms with van der Waals surface area (Å²) in [6.45, 7) is 1.63. The number of hydrazone groups is 1. The van der Waals surface area contributed by atoms with Gasteiger partial charge in [0.25, 0.3) is 5.91 Å². The van der Waals surface area contributed by atoms with E-state index in [0.29, 0.717) is 11.3 Å². The number of para-hydroxylation sites is 1. The van der Waals surface area contributed by atoms with Crippen molar-refractivity contribution >= 4 is 28.1 Å². The van der Waals surface area contributed by atoms with Crippen LogP contribution in [0, 0.1) is 0 Å². The molecule has 0 aromatic heterocycles. The Morgan fingerprint density at radius 3 is 2.77 bits per heavy atom. The van der Waals surface area contributed by atoms with Gasteiger partial charge in [-0.25, -0.2) is 5.43 Å². The first-order chi connectivity index (χ1) is 10.6. The lowest BCUT2D eigenvalue weighted by atomic mass is 10.2. The number of rotatable bonds is 5. The van der Waals surface area contributed by atoms with Gasteiger partial charge in [0.15, 0.2) is 6.10 Å². The number of carbonyl (C=O) groups excluding carboxylic acids is 1. The maximum atomic E-state index is 11.9. The molecule has 0 fully saturated rings. The average Bonchev–Trinajstić information content (AvgIpc) is 2.51. The summed E-state index contributed by atoms with van der Waals surface area (Å²) < 4.78 is 6.28. The van der Waals surface area contributed by atoms with Crippen LogP contribution in [0.25, 0.3) is 0 Å². The highest BCUT2D eigenvalue weighted by Crippen LogP contribution is 2.19. The first-order valence-electron chi connectivity index (χ1n) is 6.59. The Balaban J connectivity index is 1.91. The number of hydrogen-bond donors (Lipinski definition) is 2. The van der Waals surface area contributed by atoms with Crippen LogP contribution >= 0.6 is 15.9 Å². The van der Waals surface area contributed by atoms with Gasteiger partial charge in [0.1, 0.15) is 11.5 Å². The van der Waals surface area contributed by atoms with E-state index in [1.165, 1.54) is 12.3 Å². The molecule has 0 saturated carbocycles. The molecule has 2 aromatic carbocycles. The molecule has 0 aliphatic carbocycles. The molecule has 0 unspecified atom stereocenters. The highest BCUT2D eigenvalue weighted by Gasteiger charge is 2.13. The van der Waals surface area contributed by atoms with Gasteiger partial charge in [-0.1, -0.05) is 34.1 Å². The van der Waals surface area contributed by atoms with E-state index in [4.69, 9.17) is 4.74 Å². The number of ether oxygens (including phenoxy) is 1. The molecular formula is C16H15BrN2O3. The van der Waals surface area contributed by atoms with Crippen LogP contribution in [0.15, 0.2) is 58.1 Å². The van der Waals surface area contributed by atoms with Gasteiger partial charge < -0.3 is 9.84 Å². The Kier molecular flexibility index (Phi) is 5.55. The van der Waals surface area contributed by atoms with E-state index in [0.717, 1.165) is 4.47 Å². The van der Waals surface area contributed by atoms with Gasteiger partial charge in [0.05, 0.1) is 6.21 Å². The maximum absolute atomic E-state index is 11.9. The molecule has 1 atom stereocenters. The van der Waals surface area contributed by atoms with Gasteiger partial charge in [-0.15, -0.1) is 0 Å². The van der Waals surface area contributed by atoms with Crippen molar-refractivity contribution in [2.24, 2.45) is 5.10 Å². The van der Waals surface area contributed by atoms with Crippen LogP contribution in [0.2, 0.25) is 0 Å².